The normalized spacial score (nSPS) is 12.2. The molecule has 0 radical (unpaired) electrons. The fourth-order valence-electron chi connectivity index (χ4n) is 8.43. The highest BCUT2D eigenvalue weighted by Gasteiger charge is 2.22. The first-order valence-electron chi connectivity index (χ1n) is 17.8. The van der Waals surface area contributed by atoms with Crippen LogP contribution in [0.15, 0.2) is 164 Å². The number of para-hydroxylation sites is 1. The molecule has 8 aromatic carbocycles. The molecular weight excluding hydrogens is 683 g/mol. The van der Waals surface area contributed by atoms with Crippen molar-refractivity contribution in [2.45, 2.75) is 0 Å². The monoisotopic (exact) mass is 709 g/mol. The van der Waals surface area contributed by atoms with Gasteiger partial charge in [-0.1, -0.05) is 127 Å². The van der Waals surface area contributed by atoms with E-state index in [9.17, 15) is 0 Å². The minimum absolute atomic E-state index is 0.755. The van der Waals surface area contributed by atoms with Gasteiger partial charge in [-0.15, -0.1) is 22.7 Å². The lowest BCUT2D eigenvalue weighted by Crippen LogP contribution is -1.94. The third kappa shape index (κ3) is 4.20. The summed E-state index contributed by atoms with van der Waals surface area (Å²) in [7, 11) is 0. The lowest BCUT2D eigenvalue weighted by atomic mass is 9.98. The van der Waals surface area contributed by atoms with Crippen LogP contribution in [0.25, 0.3) is 112 Å². The highest BCUT2D eigenvalue weighted by atomic mass is 32.1. The Hall–Kier alpha value is -6.40. The fraction of sp³-hybridized carbons (Fsp3) is 0. The lowest BCUT2D eigenvalue weighted by molar-refractivity contribution is 1.20. The zero-order valence-corrected chi connectivity index (χ0v) is 29.9. The van der Waals surface area contributed by atoms with Crippen LogP contribution in [0.5, 0.6) is 0 Å². The van der Waals surface area contributed by atoms with E-state index in [0.717, 1.165) is 38.2 Å². The summed E-state index contributed by atoms with van der Waals surface area (Å²) in [5.41, 5.74) is 7.78. The van der Waals surface area contributed by atoms with E-state index >= 15 is 0 Å². The van der Waals surface area contributed by atoms with Gasteiger partial charge in [-0.25, -0.2) is 9.97 Å². The maximum absolute atomic E-state index is 5.40. The van der Waals surface area contributed by atoms with Crippen LogP contribution < -0.4 is 0 Å². The summed E-state index contributed by atoms with van der Waals surface area (Å²) >= 11 is 3.64. The summed E-state index contributed by atoms with van der Waals surface area (Å²) in [4.78, 5) is 10.8. The van der Waals surface area contributed by atoms with Gasteiger partial charge < -0.3 is 4.57 Å². The number of hydrogen-bond acceptors (Lipinski definition) is 4. The molecule has 0 atom stereocenters. The van der Waals surface area contributed by atoms with Gasteiger partial charge >= 0.3 is 0 Å². The predicted octanol–water partition coefficient (Wildman–Crippen LogP) is 13.9. The summed E-state index contributed by atoms with van der Waals surface area (Å²) in [5, 5.41) is 11.1. The van der Waals surface area contributed by atoms with Gasteiger partial charge in [0.25, 0.3) is 0 Å². The van der Waals surface area contributed by atoms with Crippen molar-refractivity contribution in [1.29, 1.82) is 0 Å². The first kappa shape index (κ1) is 29.2. The molecule has 4 aromatic heterocycles. The van der Waals surface area contributed by atoms with Crippen LogP contribution in [0.2, 0.25) is 0 Å². The molecule has 0 aliphatic heterocycles. The van der Waals surface area contributed by atoms with Crippen LogP contribution in [0.3, 0.4) is 0 Å². The summed E-state index contributed by atoms with van der Waals surface area (Å²) in [5.74, 6) is 0.755. The summed E-state index contributed by atoms with van der Waals surface area (Å²) < 4.78 is 7.32. The Labute approximate surface area is 311 Å². The molecule has 12 rings (SSSR count). The first-order chi connectivity index (χ1) is 26.3. The van der Waals surface area contributed by atoms with Crippen LogP contribution in [0.4, 0.5) is 0 Å². The third-order valence-corrected chi connectivity index (χ3v) is 13.1. The van der Waals surface area contributed by atoms with Crippen LogP contribution in [-0.4, -0.2) is 14.5 Å². The quantitative estimate of drug-likeness (QED) is 0.183. The Morgan fingerprint density at radius 3 is 1.98 bits per heavy atom. The summed E-state index contributed by atoms with van der Waals surface area (Å²) in [6, 6.07) is 59.3. The molecule has 12 aromatic rings. The second-order valence-electron chi connectivity index (χ2n) is 13.7. The van der Waals surface area contributed by atoms with E-state index in [4.69, 9.17) is 9.97 Å². The number of nitrogens with zero attached hydrogens (tertiary/aromatic N) is 3. The molecule has 0 fully saturated rings. The molecule has 0 saturated carbocycles. The van der Waals surface area contributed by atoms with E-state index in [2.05, 4.69) is 168 Å². The number of rotatable bonds is 3. The van der Waals surface area contributed by atoms with Crippen molar-refractivity contribution in [3.05, 3.63) is 164 Å². The zero-order valence-electron chi connectivity index (χ0n) is 28.2. The van der Waals surface area contributed by atoms with E-state index in [-0.39, 0.29) is 0 Å². The van der Waals surface area contributed by atoms with E-state index < -0.39 is 0 Å². The summed E-state index contributed by atoms with van der Waals surface area (Å²) in [6.45, 7) is 0. The van der Waals surface area contributed by atoms with E-state index in [1.165, 1.54) is 73.9 Å². The molecule has 3 nitrogen and oxygen atoms in total. The van der Waals surface area contributed by atoms with Gasteiger partial charge in [-0.05, 0) is 57.9 Å². The van der Waals surface area contributed by atoms with Gasteiger partial charge in [0, 0.05) is 47.5 Å². The largest absolute Gasteiger partial charge is 0.308 e. The fourth-order valence-corrected chi connectivity index (χ4v) is 10.8. The highest BCUT2D eigenvalue weighted by molar-refractivity contribution is 7.26. The molecule has 246 valence electrons. The van der Waals surface area contributed by atoms with Crippen LogP contribution in [0, 0.1) is 0 Å². The second kappa shape index (κ2) is 11.1. The predicted molar refractivity (Wildman–Crippen MR) is 228 cm³/mol. The maximum atomic E-state index is 5.40. The van der Waals surface area contributed by atoms with Crippen molar-refractivity contribution in [3.63, 3.8) is 0 Å². The Morgan fingerprint density at radius 2 is 1.11 bits per heavy atom. The van der Waals surface area contributed by atoms with Crippen molar-refractivity contribution in [3.8, 4) is 28.3 Å². The molecule has 0 unspecified atom stereocenters. The number of thiophene rings is 2. The van der Waals surface area contributed by atoms with Gasteiger partial charge in [0.1, 0.15) is 0 Å². The van der Waals surface area contributed by atoms with Gasteiger partial charge in [0.05, 0.1) is 37.3 Å². The van der Waals surface area contributed by atoms with E-state index in [0.29, 0.717) is 0 Å². The van der Waals surface area contributed by atoms with Gasteiger partial charge in [-0.3, -0.25) is 0 Å². The third-order valence-electron chi connectivity index (χ3n) is 10.8. The van der Waals surface area contributed by atoms with Crippen molar-refractivity contribution in [2.24, 2.45) is 0 Å². The SMILES string of the molecule is c1ccc(-c2nc(-c3cc4sc5c(-n6c7ccccc7c7cc8ccccc8cc76)cccc5c4c4ccccc34)nc3c2sc2ccccc23)cc1. The Morgan fingerprint density at radius 1 is 0.434 bits per heavy atom. The average Bonchev–Trinajstić information content (AvgIpc) is 3.89. The van der Waals surface area contributed by atoms with Crippen molar-refractivity contribution >= 4 is 106 Å². The molecule has 53 heavy (non-hydrogen) atoms. The zero-order chi connectivity index (χ0) is 34.6. The topological polar surface area (TPSA) is 30.7 Å². The lowest BCUT2D eigenvalue weighted by Gasteiger charge is -2.11. The smallest absolute Gasteiger partial charge is 0.161 e. The molecule has 5 heteroatoms. The first-order valence-corrected chi connectivity index (χ1v) is 19.5. The van der Waals surface area contributed by atoms with Crippen LogP contribution in [0.1, 0.15) is 0 Å². The Balaban J connectivity index is 1.17. The average molecular weight is 710 g/mol. The highest BCUT2D eigenvalue weighted by Crippen LogP contribution is 2.47. The minimum atomic E-state index is 0.755. The van der Waals surface area contributed by atoms with Gasteiger partial charge in [-0.2, -0.15) is 0 Å². The van der Waals surface area contributed by atoms with Crippen molar-refractivity contribution in [2.75, 3.05) is 0 Å². The van der Waals surface area contributed by atoms with Crippen LogP contribution >= 0.6 is 22.7 Å². The minimum Gasteiger partial charge on any atom is -0.308 e. The van der Waals surface area contributed by atoms with E-state index in [1.54, 1.807) is 11.3 Å². The Kier molecular flexibility index (Phi) is 6.09. The van der Waals surface area contributed by atoms with Crippen LogP contribution in [-0.2, 0) is 0 Å². The number of benzene rings is 8. The molecule has 0 bridgehead atoms. The number of aromatic nitrogens is 3. The molecule has 0 aliphatic rings. The molecule has 0 aliphatic carbocycles. The second-order valence-corrected chi connectivity index (χ2v) is 15.8. The summed E-state index contributed by atoms with van der Waals surface area (Å²) in [6.07, 6.45) is 0. The molecular formula is C48H27N3S2. The maximum Gasteiger partial charge on any atom is 0.161 e. The van der Waals surface area contributed by atoms with E-state index in [1.807, 2.05) is 11.3 Å². The molecule has 4 heterocycles. The standard InChI is InChI=1S/C48H27N3S2/c1-2-13-28(14-3-1)44-47-45(34-20-9-11-24-41(34)52-47)50-48(49-44)37-27-42-43(33-19-7-6-17-31(33)37)35-21-12-23-39(46(35)53-42)51-38-22-10-8-18-32(38)36-25-29-15-4-5-16-30(29)26-40(36)51/h1-27H. The number of hydrogen-bond donors (Lipinski definition) is 0. The molecule has 0 spiro atoms. The molecule has 0 amide bonds. The number of fused-ring (bicyclic) bond motifs is 12. The molecule has 0 N–H and O–H groups in total. The molecule has 0 saturated heterocycles. The Bertz CT molecular complexity index is 3460. The van der Waals surface area contributed by atoms with Crippen molar-refractivity contribution < 1.29 is 0 Å². The van der Waals surface area contributed by atoms with Gasteiger partial charge in [0.2, 0.25) is 0 Å². The van der Waals surface area contributed by atoms with Crippen molar-refractivity contribution in [1.82, 2.24) is 14.5 Å². The van der Waals surface area contributed by atoms with Gasteiger partial charge in [0.15, 0.2) is 5.82 Å².